The molecule has 0 aliphatic carbocycles. The highest BCUT2D eigenvalue weighted by Crippen LogP contribution is 2.25. The Balaban J connectivity index is 1.92. The predicted molar refractivity (Wildman–Crippen MR) is 82.7 cm³/mol. The van der Waals surface area contributed by atoms with Gasteiger partial charge in [0, 0.05) is 25.2 Å². The molecule has 0 spiro atoms. The first-order valence-corrected chi connectivity index (χ1v) is 8.32. The van der Waals surface area contributed by atoms with E-state index in [2.05, 4.69) is 4.98 Å². The Bertz CT molecular complexity index is 668. The Labute approximate surface area is 128 Å². The number of aliphatic hydroxyl groups excluding tert-OH is 1. The fourth-order valence-corrected chi connectivity index (χ4v) is 3.36. The zero-order valence-corrected chi connectivity index (χ0v) is 13.0. The van der Waals surface area contributed by atoms with E-state index >= 15 is 0 Å². The minimum Gasteiger partial charge on any atom is -0.393 e. The maximum absolute atomic E-state index is 12.7. The summed E-state index contributed by atoms with van der Waals surface area (Å²) in [7, 11) is 0. The summed E-state index contributed by atoms with van der Waals surface area (Å²) >= 11 is 1.53. The van der Waals surface area contributed by atoms with Crippen LogP contribution in [-0.2, 0) is 0 Å². The van der Waals surface area contributed by atoms with E-state index in [4.69, 9.17) is 0 Å². The van der Waals surface area contributed by atoms with Crippen LogP contribution in [-0.4, -0.2) is 50.7 Å². The van der Waals surface area contributed by atoms with Crippen molar-refractivity contribution >= 4 is 23.2 Å². The summed E-state index contributed by atoms with van der Waals surface area (Å²) in [4.78, 5) is 19.0. The average Bonchev–Trinajstić information content (AvgIpc) is 3.11. The van der Waals surface area contributed by atoms with Crippen LogP contribution in [0.25, 0.3) is 5.52 Å². The van der Waals surface area contributed by atoms with Gasteiger partial charge in [-0.3, -0.25) is 9.20 Å². The third-order valence-corrected chi connectivity index (χ3v) is 4.75. The average molecular weight is 305 g/mol. The third-order valence-electron chi connectivity index (χ3n) is 4.10. The van der Waals surface area contributed by atoms with Gasteiger partial charge in [-0.15, -0.1) is 0 Å². The second kappa shape index (κ2) is 5.69. The number of thioether (sulfide) groups is 1. The lowest BCUT2D eigenvalue weighted by Gasteiger charge is -2.16. The third kappa shape index (κ3) is 2.53. The van der Waals surface area contributed by atoms with Gasteiger partial charge in [0.1, 0.15) is 0 Å². The van der Waals surface area contributed by atoms with Crippen LogP contribution in [0.2, 0.25) is 0 Å². The number of hydrogen-bond acceptors (Lipinski definition) is 4. The second-order valence-corrected chi connectivity index (χ2v) is 6.22. The molecular weight excluding hydrogens is 286 g/mol. The van der Waals surface area contributed by atoms with E-state index in [1.165, 1.54) is 11.8 Å². The summed E-state index contributed by atoms with van der Waals surface area (Å²) in [6.07, 6.45) is 4.36. The van der Waals surface area contributed by atoms with E-state index in [1.807, 2.05) is 35.1 Å². The van der Waals surface area contributed by atoms with Crippen molar-refractivity contribution < 1.29 is 9.90 Å². The molecule has 6 heteroatoms. The van der Waals surface area contributed by atoms with E-state index in [1.54, 1.807) is 11.8 Å². The standard InChI is InChI=1S/C15H19N3O2S/c1-10(19)11-6-8-17(9-11)14(20)13-12-5-3-4-7-18(12)15(16-13)21-2/h3-5,7,10-11,19H,6,8-9H2,1-2H3. The second-order valence-electron chi connectivity index (χ2n) is 5.44. The molecule has 1 saturated heterocycles. The summed E-state index contributed by atoms with van der Waals surface area (Å²) in [5.41, 5.74) is 1.35. The van der Waals surface area contributed by atoms with Crippen LogP contribution in [0.1, 0.15) is 23.8 Å². The lowest BCUT2D eigenvalue weighted by atomic mass is 10.0. The van der Waals surface area contributed by atoms with Crippen molar-refractivity contribution in [2.45, 2.75) is 24.6 Å². The Hall–Kier alpha value is -1.53. The molecule has 3 heterocycles. The maximum Gasteiger partial charge on any atom is 0.274 e. The minimum absolute atomic E-state index is 0.0397. The number of pyridine rings is 1. The molecule has 2 aromatic rings. The van der Waals surface area contributed by atoms with E-state index < -0.39 is 0 Å². The van der Waals surface area contributed by atoms with Crippen molar-refractivity contribution in [3.05, 3.63) is 30.1 Å². The van der Waals surface area contributed by atoms with Crippen LogP contribution in [0, 0.1) is 5.92 Å². The van der Waals surface area contributed by atoms with Crippen molar-refractivity contribution in [3.8, 4) is 0 Å². The zero-order chi connectivity index (χ0) is 15.0. The van der Waals surface area contributed by atoms with Gasteiger partial charge in [-0.25, -0.2) is 4.98 Å². The number of rotatable bonds is 3. The Kier molecular flexibility index (Phi) is 3.91. The molecule has 2 aromatic heterocycles. The molecule has 2 unspecified atom stereocenters. The quantitative estimate of drug-likeness (QED) is 0.880. The highest BCUT2D eigenvalue weighted by Gasteiger charge is 2.31. The molecule has 5 nitrogen and oxygen atoms in total. The minimum atomic E-state index is -0.372. The summed E-state index contributed by atoms with van der Waals surface area (Å²) in [5.74, 6) is 0.130. The fourth-order valence-electron chi connectivity index (χ4n) is 2.83. The van der Waals surface area contributed by atoms with Crippen LogP contribution in [0.3, 0.4) is 0 Å². The molecule has 0 saturated carbocycles. The molecule has 1 aliphatic rings. The molecule has 0 aromatic carbocycles. The van der Waals surface area contributed by atoms with Crippen molar-refractivity contribution in [1.82, 2.24) is 14.3 Å². The number of carbonyl (C=O) groups is 1. The molecule has 3 rings (SSSR count). The first-order valence-electron chi connectivity index (χ1n) is 7.10. The normalized spacial score (nSPS) is 20.1. The lowest BCUT2D eigenvalue weighted by Crippen LogP contribution is -2.30. The van der Waals surface area contributed by atoms with Gasteiger partial charge >= 0.3 is 0 Å². The summed E-state index contributed by atoms with van der Waals surface area (Å²) in [5, 5.41) is 10.5. The lowest BCUT2D eigenvalue weighted by molar-refractivity contribution is 0.0759. The Morgan fingerprint density at radius 2 is 2.33 bits per heavy atom. The first-order chi connectivity index (χ1) is 10.1. The number of aliphatic hydroxyl groups is 1. The number of imidazole rings is 1. The SMILES string of the molecule is CSc1nc(C(=O)N2CCC(C(C)O)C2)c2ccccn12. The maximum atomic E-state index is 12.7. The summed E-state index contributed by atoms with van der Waals surface area (Å²) in [6.45, 7) is 3.09. The van der Waals surface area contributed by atoms with Gasteiger partial charge in [-0.1, -0.05) is 17.8 Å². The van der Waals surface area contributed by atoms with Gasteiger partial charge in [0.25, 0.3) is 5.91 Å². The van der Waals surface area contributed by atoms with E-state index in [0.29, 0.717) is 18.8 Å². The van der Waals surface area contributed by atoms with Gasteiger partial charge in [0.2, 0.25) is 0 Å². The number of aromatic nitrogens is 2. The van der Waals surface area contributed by atoms with E-state index in [0.717, 1.165) is 17.1 Å². The number of nitrogens with zero attached hydrogens (tertiary/aromatic N) is 3. The fraction of sp³-hybridized carbons (Fsp3) is 0.467. The van der Waals surface area contributed by atoms with Gasteiger partial charge in [-0.05, 0) is 31.7 Å². The first kappa shape index (κ1) is 14.4. The van der Waals surface area contributed by atoms with Gasteiger partial charge < -0.3 is 10.0 Å². The highest BCUT2D eigenvalue weighted by molar-refractivity contribution is 7.98. The Morgan fingerprint density at radius 3 is 3.00 bits per heavy atom. The number of fused-ring (bicyclic) bond motifs is 1. The van der Waals surface area contributed by atoms with Gasteiger partial charge in [0.05, 0.1) is 11.6 Å². The molecule has 112 valence electrons. The van der Waals surface area contributed by atoms with Crippen LogP contribution in [0.4, 0.5) is 0 Å². The molecule has 0 bridgehead atoms. The summed E-state index contributed by atoms with van der Waals surface area (Å²) < 4.78 is 1.94. The van der Waals surface area contributed by atoms with Crippen LogP contribution < -0.4 is 0 Å². The highest BCUT2D eigenvalue weighted by atomic mass is 32.2. The van der Waals surface area contributed by atoms with Gasteiger partial charge in [0.15, 0.2) is 10.9 Å². The van der Waals surface area contributed by atoms with Crippen molar-refractivity contribution in [2.24, 2.45) is 5.92 Å². The molecule has 0 radical (unpaired) electrons. The predicted octanol–water partition coefficient (Wildman–Crippen LogP) is 1.90. The van der Waals surface area contributed by atoms with Crippen molar-refractivity contribution in [2.75, 3.05) is 19.3 Å². The number of carbonyl (C=O) groups excluding carboxylic acids is 1. The van der Waals surface area contributed by atoms with Crippen molar-refractivity contribution in [3.63, 3.8) is 0 Å². The smallest absolute Gasteiger partial charge is 0.274 e. The monoisotopic (exact) mass is 305 g/mol. The molecule has 1 amide bonds. The summed E-state index contributed by atoms with van der Waals surface area (Å²) in [6, 6.07) is 5.77. The van der Waals surface area contributed by atoms with Crippen LogP contribution in [0.5, 0.6) is 0 Å². The van der Waals surface area contributed by atoms with Crippen molar-refractivity contribution in [1.29, 1.82) is 0 Å². The number of amides is 1. The van der Waals surface area contributed by atoms with E-state index in [9.17, 15) is 9.90 Å². The molecule has 1 aliphatic heterocycles. The molecule has 1 fully saturated rings. The largest absolute Gasteiger partial charge is 0.393 e. The molecule has 21 heavy (non-hydrogen) atoms. The van der Waals surface area contributed by atoms with Crippen LogP contribution >= 0.6 is 11.8 Å². The molecular formula is C15H19N3O2S. The van der Waals surface area contributed by atoms with Gasteiger partial charge in [-0.2, -0.15) is 0 Å². The molecule has 2 atom stereocenters. The number of likely N-dealkylation sites (tertiary alicyclic amines) is 1. The van der Waals surface area contributed by atoms with E-state index in [-0.39, 0.29) is 17.9 Å². The number of hydrogen-bond donors (Lipinski definition) is 1. The molecule has 1 N–H and O–H groups in total. The zero-order valence-electron chi connectivity index (χ0n) is 12.2. The Morgan fingerprint density at radius 1 is 1.52 bits per heavy atom. The topological polar surface area (TPSA) is 57.8 Å². The van der Waals surface area contributed by atoms with Crippen LogP contribution in [0.15, 0.2) is 29.6 Å².